The van der Waals surface area contributed by atoms with Crippen LogP contribution in [0.4, 0.5) is 0 Å². The number of piperazine rings is 1. The van der Waals surface area contributed by atoms with E-state index in [0.717, 1.165) is 31.5 Å². The maximum atomic E-state index is 13.3. The molecule has 0 aromatic heterocycles. The zero-order valence-electron chi connectivity index (χ0n) is 17.5. The molecule has 1 aromatic rings. The molecular formula is C20H30Cl2N4O3S. The molecule has 2 heterocycles. The molecule has 2 fully saturated rings. The molecule has 2 saturated heterocycles. The van der Waals surface area contributed by atoms with Crippen LogP contribution in [0.2, 0.25) is 10.0 Å². The van der Waals surface area contributed by atoms with Crippen LogP contribution in [-0.4, -0.2) is 93.7 Å². The van der Waals surface area contributed by atoms with Gasteiger partial charge < -0.3 is 9.80 Å². The third kappa shape index (κ3) is 6.55. The van der Waals surface area contributed by atoms with Gasteiger partial charge in [0.1, 0.15) is 0 Å². The Morgan fingerprint density at radius 1 is 1.13 bits per heavy atom. The highest BCUT2D eigenvalue weighted by atomic mass is 35.5. The zero-order valence-corrected chi connectivity index (χ0v) is 19.8. The molecule has 2 atom stereocenters. The second-order valence-electron chi connectivity index (χ2n) is 8.35. The molecule has 0 spiro atoms. The molecule has 3 rings (SSSR count). The van der Waals surface area contributed by atoms with Gasteiger partial charge in [0.15, 0.2) is 0 Å². The van der Waals surface area contributed by atoms with Crippen molar-refractivity contribution >= 4 is 39.1 Å². The predicted octanol–water partition coefficient (Wildman–Crippen LogP) is 1.69. The minimum Gasteiger partial charge on any atom is -0.335 e. The number of rotatable bonds is 7. The maximum absolute atomic E-state index is 13.3. The fourth-order valence-electron chi connectivity index (χ4n) is 4.21. The first-order chi connectivity index (χ1) is 14.1. The lowest BCUT2D eigenvalue weighted by atomic mass is 10.0. The third-order valence-corrected chi connectivity index (χ3v) is 7.31. The molecular weight excluding hydrogens is 447 g/mol. The fourth-order valence-corrected chi connectivity index (χ4v) is 5.03. The summed E-state index contributed by atoms with van der Waals surface area (Å²) in [6.07, 6.45) is 3.78. The van der Waals surface area contributed by atoms with Gasteiger partial charge in [-0.25, -0.2) is 13.1 Å². The number of carbonyl (C=O) groups is 1. The van der Waals surface area contributed by atoms with Crippen LogP contribution >= 0.6 is 23.2 Å². The summed E-state index contributed by atoms with van der Waals surface area (Å²) in [5, 5.41) is 0.899. The summed E-state index contributed by atoms with van der Waals surface area (Å²) in [5.41, 5.74) is 0.819. The summed E-state index contributed by atoms with van der Waals surface area (Å²) in [4.78, 5) is 19.8. The first-order valence-electron chi connectivity index (χ1n) is 10.2. The topological polar surface area (TPSA) is 73.0 Å². The Bertz CT molecular complexity index is 862. The first kappa shape index (κ1) is 23.8. The van der Waals surface area contributed by atoms with Crippen molar-refractivity contribution in [2.45, 2.75) is 31.3 Å². The molecule has 2 aliphatic rings. The van der Waals surface area contributed by atoms with Crippen LogP contribution in [0.1, 0.15) is 18.4 Å². The number of sulfonamides is 1. The molecule has 10 heteroatoms. The van der Waals surface area contributed by atoms with E-state index in [1.807, 2.05) is 18.0 Å². The number of hydrogen-bond acceptors (Lipinski definition) is 5. The summed E-state index contributed by atoms with van der Waals surface area (Å²) in [5.74, 6) is 0.0232. The van der Waals surface area contributed by atoms with Crippen molar-refractivity contribution in [1.82, 2.24) is 19.4 Å². The van der Waals surface area contributed by atoms with Crippen LogP contribution in [0.25, 0.3) is 0 Å². The van der Waals surface area contributed by atoms with E-state index in [1.54, 1.807) is 12.1 Å². The number of likely N-dealkylation sites (N-methyl/N-ethyl adjacent to an activating group) is 1. The summed E-state index contributed by atoms with van der Waals surface area (Å²) in [6, 6.07) is 5.25. The lowest BCUT2D eigenvalue weighted by molar-refractivity contribution is -0.137. The Morgan fingerprint density at radius 2 is 1.83 bits per heavy atom. The number of hydrogen-bond donors (Lipinski definition) is 1. The average molecular weight is 477 g/mol. The van der Waals surface area contributed by atoms with Gasteiger partial charge in [-0.1, -0.05) is 29.3 Å². The molecule has 1 amide bonds. The highest BCUT2D eigenvalue weighted by molar-refractivity contribution is 7.88. The number of benzene rings is 1. The monoisotopic (exact) mass is 476 g/mol. The van der Waals surface area contributed by atoms with Crippen molar-refractivity contribution in [3.8, 4) is 0 Å². The van der Waals surface area contributed by atoms with Gasteiger partial charge in [0.25, 0.3) is 0 Å². The van der Waals surface area contributed by atoms with Crippen molar-refractivity contribution < 1.29 is 13.2 Å². The van der Waals surface area contributed by atoms with Gasteiger partial charge in [0.05, 0.1) is 28.8 Å². The molecule has 7 nitrogen and oxygen atoms in total. The molecule has 1 aromatic carbocycles. The summed E-state index contributed by atoms with van der Waals surface area (Å²) in [6.45, 7) is 4.44. The second-order valence-corrected chi connectivity index (χ2v) is 11.0. The maximum Gasteiger partial charge on any atom is 0.227 e. The van der Waals surface area contributed by atoms with Gasteiger partial charge in [0, 0.05) is 32.2 Å². The quantitative estimate of drug-likeness (QED) is 0.647. The van der Waals surface area contributed by atoms with Gasteiger partial charge in [0.2, 0.25) is 15.9 Å². The molecule has 2 aliphatic heterocycles. The van der Waals surface area contributed by atoms with E-state index in [0.29, 0.717) is 23.1 Å². The van der Waals surface area contributed by atoms with Crippen molar-refractivity contribution in [1.29, 1.82) is 0 Å². The Balaban J connectivity index is 1.74. The van der Waals surface area contributed by atoms with E-state index >= 15 is 0 Å². The number of nitrogens with zero attached hydrogens (tertiary/aromatic N) is 3. The van der Waals surface area contributed by atoms with E-state index in [4.69, 9.17) is 23.2 Å². The van der Waals surface area contributed by atoms with Crippen molar-refractivity contribution in [2.24, 2.45) is 0 Å². The number of amides is 1. The van der Waals surface area contributed by atoms with Crippen LogP contribution in [0.5, 0.6) is 0 Å². The van der Waals surface area contributed by atoms with Gasteiger partial charge in [-0.15, -0.1) is 0 Å². The molecule has 0 unspecified atom stereocenters. The van der Waals surface area contributed by atoms with Crippen LogP contribution in [0, 0.1) is 0 Å². The van der Waals surface area contributed by atoms with Crippen LogP contribution < -0.4 is 4.72 Å². The van der Waals surface area contributed by atoms with Crippen molar-refractivity contribution in [2.75, 3.05) is 52.6 Å². The predicted molar refractivity (Wildman–Crippen MR) is 121 cm³/mol. The van der Waals surface area contributed by atoms with Crippen molar-refractivity contribution in [3.63, 3.8) is 0 Å². The second kappa shape index (κ2) is 10.1. The zero-order chi connectivity index (χ0) is 21.9. The molecule has 168 valence electrons. The Kier molecular flexibility index (Phi) is 8.03. The SMILES string of the molecule is CN1C[C@@H](CN2CCCC2)N(C(=O)Cc2ccc(Cl)c(Cl)c2)C[C@@H]1CNS(C)(=O)=O. The molecule has 0 radical (unpaired) electrons. The van der Waals surface area contributed by atoms with Crippen LogP contribution in [0.3, 0.4) is 0 Å². The third-order valence-electron chi connectivity index (χ3n) is 5.88. The molecule has 0 saturated carbocycles. The van der Waals surface area contributed by atoms with Gasteiger partial charge >= 0.3 is 0 Å². The fraction of sp³-hybridized carbons (Fsp3) is 0.650. The van der Waals surface area contributed by atoms with Crippen molar-refractivity contribution in [3.05, 3.63) is 33.8 Å². The summed E-state index contributed by atoms with van der Waals surface area (Å²) < 4.78 is 25.7. The number of nitrogens with one attached hydrogen (secondary N) is 1. The number of carbonyl (C=O) groups excluding carboxylic acids is 1. The highest BCUT2D eigenvalue weighted by Gasteiger charge is 2.36. The Morgan fingerprint density at radius 3 is 2.47 bits per heavy atom. The Hall–Kier alpha value is -0.900. The Labute approximate surface area is 189 Å². The number of halogens is 2. The van der Waals surface area contributed by atoms with E-state index in [9.17, 15) is 13.2 Å². The van der Waals surface area contributed by atoms with Gasteiger partial charge in [-0.3, -0.25) is 9.69 Å². The van der Waals surface area contributed by atoms with E-state index in [2.05, 4.69) is 14.5 Å². The van der Waals surface area contributed by atoms with Gasteiger partial charge in [-0.2, -0.15) is 0 Å². The molecule has 1 N–H and O–H groups in total. The number of likely N-dealkylation sites (tertiary alicyclic amines) is 1. The normalized spacial score (nSPS) is 23.8. The summed E-state index contributed by atoms with van der Waals surface area (Å²) >= 11 is 12.1. The minimum absolute atomic E-state index is 0.0232. The average Bonchev–Trinajstić information content (AvgIpc) is 3.16. The molecule has 0 aliphatic carbocycles. The van der Waals surface area contributed by atoms with Crippen LogP contribution in [0.15, 0.2) is 18.2 Å². The molecule has 30 heavy (non-hydrogen) atoms. The largest absolute Gasteiger partial charge is 0.335 e. The van der Waals surface area contributed by atoms with E-state index < -0.39 is 10.0 Å². The lowest BCUT2D eigenvalue weighted by Gasteiger charge is -2.46. The standard InChI is InChI=1S/C20H30Cl2N4O3S/c1-24-12-17(13-25-7-3-4-8-25)26(14-16(24)11-23-30(2,28)29)20(27)10-15-5-6-18(21)19(22)9-15/h5-6,9,16-17,23H,3-4,7-8,10-14H2,1-2H3/t16-,17-/m0/s1. The van der Waals surface area contributed by atoms with Gasteiger partial charge in [-0.05, 0) is 50.7 Å². The highest BCUT2D eigenvalue weighted by Crippen LogP contribution is 2.24. The van der Waals surface area contributed by atoms with E-state index in [-0.39, 0.29) is 31.0 Å². The molecule has 0 bridgehead atoms. The summed E-state index contributed by atoms with van der Waals surface area (Å²) in [7, 11) is -1.30. The first-order valence-corrected chi connectivity index (χ1v) is 12.9. The smallest absolute Gasteiger partial charge is 0.227 e. The lowest BCUT2D eigenvalue weighted by Crippen LogP contribution is -2.63. The van der Waals surface area contributed by atoms with Crippen LogP contribution in [-0.2, 0) is 21.2 Å². The van der Waals surface area contributed by atoms with E-state index in [1.165, 1.54) is 12.8 Å². The minimum atomic E-state index is -3.29.